The van der Waals surface area contributed by atoms with Crippen LogP contribution in [0.5, 0.6) is 0 Å². The van der Waals surface area contributed by atoms with Gasteiger partial charge < -0.3 is 8.80 Å². The van der Waals surface area contributed by atoms with Crippen molar-refractivity contribution in [3.63, 3.8) is 0 Å². The number of para-hydroxylation sites is 2. The summed E-state index contributed by atoms with van der Waals surface area (Å²) in [5.41, 5.74) is 10.3. The second-order valence-corrected chi connectivity index (χ2v) is 14.0. The van der Waals surface area contributed by atoms with Crippen molar-refractivity contribution < 1.29 is 0 Å². The third kappa shape index (κ3) is 3.27. The molecule has 5 heteroatoms. The molecule has 12 aromatic rings. The van der Waals surface area contributed by atoms with E-state index in [0.717, 1.165) is 43.9 Å². The molecule has 0 radical (unpaired) electrons. The minimum atomic E-state index is 0.744. The molecule has 4 nitrogen and oxygen atoms in total. The van der Waals surface area contributed by atoms with Crippen molar-refractivity contribution in [1.29, 1.82) is 0 Å². The Morgan fingerprint density at radius 2 is 1.06 bits per heavy atom. The minimum Gasteiger partial charge on any atom is -0.306 e. The summed E-state index contributed by atoms with van der Waals surface area (Å²) >= 11 is 1.74. The summed E-state index contributed by atoms with van der Waals surface area (Å²) in [5.74, 6) is 0.744. The third-order valence-corrected chi connectivity index (χ3v) is 11.5. The van der Waals surface area contributed by atoms with Gasteiger partial charge in [0.15, 0.2) is 5.82 Å². The van der Waals surface area contributed by atoms with Gasteiger partial charge in [0.1, 0.15) is 4.83 Å². The van der Waals surface area contributed by atoms with Crippen LogP contribution in [0.4, 0.5) is 0 Å². The Balaban J connectivity index is 1.33. The summed E-state index contributed by atoms with van der Waals surface area (Å²) < 4.78 is 6.22. The molecule has 7 aromatic carbocycles. The van der Waals surface area contributed by atoms with Crippen LogP contribution in [0.1, 0.15) is 0 Å². The van der Waals surface area contributed by atoms with Crippen LogP contribution in [0, 0.1) is 0 Å². The summed E-state index contributed by atoms with van der Waals surface area (Å²) in [5, 5.41) is 9.91. The van der Waals surface area contributed by atoms with Crippen LogP contribution in [0.15, 0.2) is 146 Å². The molecule has 0 aliphatic heterocycles. The van der Waals surface area contributed by atoms with Crippen LogP contribution in [0.2, 0.25) is 0 Å². The maximum Gasteiger partial charge on any atom is 0.161 e. The number of thiophene rings is 1. The van der Waals surface area contributed by atoms with Gasteiger partial charge in [0.2, 0.25) is 0 Å². The molecular weight excluding hydrogens is 617 g/mol. The highest BCUT2D eigenvalue weighted by Crippen LogP contribution is 2.45. The zero-order valence-electron chi connectivity index (χ0n) is 26.1. The number of rotatable bonds is 2. The molecule has 0 N–H and O–H groups in total. The molecule has 12 rings (SSSR count). The molecular formula is C44H24N4S. The normalized spacial score (nSPS) is 12.5. The molecule has 0 fully saturated rings. The summed E-state index contributed by atoms with van der Waals surface area (Å²) in [4.78, 5) is 11.5. The minimum absolute atomic E-state index is 0.744. The van der Waals surface area contributed by atoms with Crippen molar-refractivity contribution in [2.24, 2.45) is 0 Å². The lowest BCUT2D eigenvalue weighted by Crippen LogP contribution is -1.95. The fourth-order valence-corrected chi connectivity index (χ4v) is 9.48. The number of hydrogen-bond acceptors (Lipinski definition) is 3. The van der Waals surface area contributed by atoms with E-state index in [1.165, 1.54) is 64.5 Å². The Morgan fingerprint density at radius 3 is 1.80 bits per heavy atom. The van der Waals surface area contributed by atoms with Crippen LogP contribution < -0.4 is 0 Å². The van der Waals surface area contributed by atoms with Gasteiger partial charge in [-0.1, -0.05) is 115 Å². The average molecular weight is 641 g/mol. The summed E-state index contributed by atoms with van der Waals surface area (Å²) in [7, 11) is 0. The molecule has 0 bridgehead atoms. The quantitative estimate of drug-likeness (QED) is 0.188. The number of benzene rings is 7. The monoisotopic (exact) mass is 640 g/mol. The van der Waals surface area contributed by atoms with E-state index in [2.05, 4.69) is 148 Å². The zero-order valence-corrected chi connectivity index (χ0v) is 26.9. The molecule has 0 atom stereocenters. The van der Waals surface area contributed by atoms with Gasteiger partial charge in [0.05, 0.1) is 38.8 Å². The molecule has 0 amide bonds. The fraction of sp³-hybridized carbons (Fsp3) is 0. The summed E-state index contributed by atoms with van der Waals surface area (Å²) in [6, 6.07) is 52.8. The van der Waals surface area contributed by atoms with E-state index in [1.807, 2.05) is 6.07 Å². The maximum absolute atomic E-state index is 5.37. The second kappa shape index (κ2) is 9.19. The van der Waals surface area contributed by atoms with Crippen LogP contribution in [0.25, 0.3) is 108 Å². The van der Waals surface area contributed by atoms with E-state index in [4.69, 9.17) is 9.97 Å². The van der Waals surface area contributed by atoms with Crippen molar-refractivity contribution in [3.05, 3.63) is 146 Å². The molecule has 49 heavy (non-hydrogen) atoms. The zero-order chi connectivity index (χ0) is 31.8. The van der Waals surface area contributed by atoms with Gasteiger partial charge in [0, 0.05) is 53.5 Å². The van der Waals surface area contributed by atoms with E-state index < -0.39 is 0 Å². The van der Waals surface area contributed by atoms with Gasteiger partial charge in [-0.15, -0.1) is 11.3 Å². The van der Waals surface area contributed by atoms with Gasteiger partial charge in [-0.2, -0.15) is 0 Å². The highest BCUT2D eigenvalue weighted by atomic mass is 32.1. The van der Waals surface area contributed by atoms with E-state index in [-0.39, 0.29) is 0 Å². The average Bonchev–Trinajstić information content (AvgIpc) is 3.79. The van der Waals surface area contributed by atoms with Crippen molar-refractivity contribution in [2.75, 3.05) is 0 Å². The highest BCUT2D eigenvalue weighted by Gasteiger charge is 2.23. The first-order chi connectivity index (χ1) is 24.3. The smallest absolute Gasteiger partial charge is 0.161 e. The number of hydrogen-bond donors (Lipinski definition) is 0. The molecule has 0 saturated carbocycles. The van der Waals surface area contributed by atoms with E-state index >= 15 is 0 Å². The predicted molar refractivity (Wildman–Crippen MR) is 206 cm³/mol. The molecule has 5 heterocycles. The van der Waals surface area contributed by atoms with Crippen molar-refractivity contribution >= 4 is 97.1 Å². The Morgan fingerprint density at radius 1 is 0.429 bits per heavy atom. The standard InChI is InChI=1S/C44H24N4S/c1-2-10-26(11-3-1)43-45-40(39-32-14-6-9-17-37(32)49-44(39)46-43)27-20-23-35-36(24-27)48-34-16-8-5-13-29(34)31-22-19-25-18-21-30-28-12-4-7-15-33(28)47(35)41(30)38(25)42(31)48/h1-24H. The van der Waals surface area contributed by atoms with E-state index in [9.17, 15) is 0 Å². The SMILES string of the molecule is c1ccc(-c2nc(-c3ccc4c(c3)n3c5ccccc5c5ccc6ccc7c8ccccc8n4c7c6c53)c3c(n2)sc2ccccc23)cc1. The van der Waals surface area contributed by atoms with Gasteiger partial charge in [0.25, 0.3) is 0 Å². The lowest BCUT2D eigenvalue weighted by atomic mass is 10.0. The molecule has 5 aromatic heterocycles. The molecule has 0 aliphatic carbocycles. The highest BCUT2D eigenvalue weighted by molar-refractivity contribution is 7.25. The van der Waals surface area contributed by atoms with Gasteiger partial charge in [-0.05, 0) is 35.7 Å². The van der Waals surface area contributed by atoms with E-state index in [0.29, 0.717) is 0 Å². The third-order valence-electron chi connectivity index (χ3n) is 10.5. The Bertz CT molecular complexity index is 3320. The largest absolute Gasteiger partial charge is 0.306 e. The maximum atomic E-state index is 5.37. The van der Waals surface area contributed by atoms with Gasteiger partial charge in [-0.3, -0.25) is 0 Å². The lowest BCUT2D eigenvalue weighted by Gasteiger charge is -2.10. The molecule has 0 unspecified atom stereocenters. The first kappa shape index (κ1) is 25.7. The molecule has 0 spiro atoms. The van der Waals surface area contributed by atoms with Crippen molar-refractivity contribution in [2.45, 2.75) is 0 Å². The van der Waals surface area contributed by atoms with Crippen molar-refractivity contribution in [1.82, 2.24) is 18.8 Å². The number of fused-ring (bicyclic) bond motifs is 12. The first-order valence-electron chi connectivity index (χ1n) is 16.6. The summed E-state index contributed by atoms with van der Waals surface area (Å²) in [6.07, 6.45) is 0. The Labute approximate surface area is 283 Å². The van der Waals surface area contributed by atoms with Gasteiger partial charge >= 0.3 is 0 Å². The van der Waals surface area contributed by atoms with Crippen molar-refractivity contribution in [3.8, 4) is 22.6 Å². The Hall–Kier alpha value is -6.30. The number of nitrogens with zero attached hydrogens (tertiary/aromatic N) is 4. The fourth-order valence-electron chi connectivity index (χ4n) is 8.40. The molecule has 226 valence electrons. The lowest BCUT2D eigenvalue weighted by molar-refractivity contribution is 1.24. The molecule has 0 aliphatic rings. The molecule has 0 saturated heterocycles. The van der Waals surface area contributed by atoms with Crippen LogP contribution in [-0.4, -0.2) is 18.8 Å². The first-order valence-corrected chi connectivity index (χ1v) is 17.4. The van der Waals surface area contributed by atoms with Crippen LogP contribution in [-0.2, 0) is 0 Å². The summed E-state index contributed by atoms with van der Waals surface area (Å²) in [6.45, 7) is 0. The van der Waals surface area contributed by atoms with Gasteiger partial charge in [-0.25, -0.2) is 9.97 Å². The number of aromatic nitrogens is 4. The van der Waals surface area contributed by atoms with Crippen LogP contribution in [0.3, 0.4) is 0 Å². The second-order valence-electron chi connectivity index (χ2n) is 13.0. The van der Waals surface area contributed by atoms with E-state index in [1.54, 1.807) is 11.3 Å². The predicted octanol–water partition coefficient (Wildman–Crippen LogP) is 11.9. The Kier molecular flexibility index (Phi) is 4.83. The van der Waals surface area contributed by atoms with Crippen LogP contribution >= 0.6 is 11.3 Å². The topological polar surface area (TPSA) is 34.6 Å².